The first-order valence-corrected chi connectivity index (χ1v) is 19.0. The second-order valence-corrected chi connectivity index (χ2v) is 16.9. The van der Waals surface area contributed by atoms with Crippen molar-refractivity contribution < 1.29 is 27.0 Å². The van der Waals surface area contributed by atoms with E-state index in [9.17, 15) is 0 Å². The quantitative estimate of drug-likeness (QED) is 0.190. The Morgan fingerprint density at radius 3 is 1.25 bits per heavy atom. The molecule has 0 bridgehead atoms. The Balaban J connectivity index is -0.000000525. The second kappa shape index (κ2) is 21.1. The fraction of sp³-hybridized carbons (Fsp3) is 0. The van der Waals surface area contributed by atoms with Gasteiger partial charge in [-0.15, -0.1) is 0 Å². The summed E-state index contributed by atoms with van der Waals surface area (Å²) in [4.78, 5) is 0. The van der Waals surface area contributed by atoms with Gasteiger partial charge in [-0.05, 0) is 0 Å². The van der Waals surface area contributed by atoms with Crippen molar-refractivity contribution in [2.24, 2.45) is 0 Å². The summed E-state index contributed by atoms with van der Waals surface area (Å²) in [5, 5.41) is 0. The molecule has 0 heterocycles. The monoisotopic (exact) mass is 686 g/mol. The molecule has 0 spiro atoms. The third-order valence-corrected chi connectivity index (χ3v) is 7.13. The van der Waals surface area contributed by atoms with E-state index in [1.165, 1.54) is 11.1 Å². The van der Waals surface area contributed by atoms with Crippen LogP contribution in [0.2, 0.25) is 0 Å². The molecule has 3 aromatic rings. The van der Waals surface area contributed by atoms with Crippen LogP contribution in [0.1, 0.15) is 16.7 Å². The third-order valence-electron chi connectivity index (χ3n) is 3.48. The Morgan fingerprint density at radius 2 is 0.906 bits per heavy atom. The number of halogens is 4. The minimum atomic E-state index is -1.77. The maximum atomic E-state index is 5.91. The molecule has 0 atom stereocenters. The van der Waals surface area contributed by atoms with Gasteiger partial charge in [-0.3, -0.25) is 0 Å². The molecule has 32 heavy (non-hydrogen) atoms. The van der Waals surface area contributed by atoms with E-state index in [-0.39, 0.29) is 29.7 Å². The van der Waals surface area contributed by atoms with Crippen molar-refractivity contribution in [3.8, 4) is 0 Å². The van der Waals surface area contributed by atoms with Crippen molar-refractivity contribution >= 4 is 53.6 Å². The molecule has 0 saturated heterocycles. The van der Waals surface area contributed by atoms with Crippen molar-refractivity contribution in [2.75, 3.05) is 0 Å². The first-order valence-electron chi connectivity index (χ1n) is 8.09. The molecule has 0 nitrogen and oxygen atoms in total. The molecule has 0 N–H and O–H groups in total. The Labute approximate surface area is 222 Å². The van der Waals surface area contributed by atoms with Crippen molar-refractivity contribution in [3.05, 3.63) is 143 Å². The summed E-state index contributed by atoms with van der Waals surface area (Å²) >= 11 is -3.39. The van der Waals surface area contributed by atoms with Crippen LogP contribution in [0.3, 0.4) is 0 Å². The zero-order chi connectivity index (χ0) is 20.2. The van der Waals surface area contributed by atoms with Gasteiger partial charge in [0.05, 0.1) is 0 Å². The van der Waals surface area contributed by atoms with Crippen molar-refractivity contribution in [3.63, 3.8) is 0 Å². The zero-order valence-corrected chi connectivity index (χ0v) is 25.1. The number of allylic oxidation sites excluding steroid dienone is 1. The molecule has 6 heteroatoms. The van der Waals surface area contributed by atoms with E-state index in [2.05, 4.69) is 24.3 Å². The van der Waals surface area contributed by atoms with Gasteiger partial charge in [0.1, 0.15) is 0 Å². The average Bonchev–Trinajstić information content (AvgIpc) is 2.70. The molecular weight excluding hydrogens is 656 g/mol. The van der Waals surface area contributed by atoms with Gasteiger partial charge < -0.3 is 29.7 Å². The van der Waals surface area contributed by atoms with Crippen LogP contribution in [0.4, 0.5) is 0 Å². The van der Waals surface area contributed by atoms with Gasteiger partial charge in [0.15, 0.2) is 0 Å². The summed E-state index contributed by atoms with van der Waals surface area (Å²) in [6, 6.07) is 30.4. The molecule has 0 aliphatic heterocycles. The second-order valence-electron chi connectivity index (χ2n) is 5.35. The molecular formula is C26H30Cl4Ru2-4. The molecule has 0 radical (unpaired) electrons. The van der Waals surface area contributed by atoms with E-state index in [4.69, 9.17) is 38.8 Å². The Hall–Kier alpha value is -0.453. The molecule has 3 aromatic carbocycles. The maximum absolute atomic E-state index is 5.91. The molecule has 0 saturated carbocycles. The van der Waals surface area contributed by atoms with Gasteiger partial charge in [-0.25, -0.2) is 0 Å². The normalized spacial score (nSPS) is 9.38. The summed E-state index contributed by atoms with van der Waals surface area (Å²) in [5.74, 6) is 0. The van der Waals surface area contributed by atoms with Gasteiger partial charge >= 0.3 is 194 Å². The van der Waals surface area contributed by atoms with Crippen molar-refractivity contribution in [2.45, 2.75) is 0 Å². The fourth-order valence-corrected chi connectivity index (χ4v) is 5.17. The number of hydrogen-bond donors (Lipinski definition) is 0. The van der Waals surface area contributed by atoms with Gasteiger partial charge in [0, 0.05) is 0 Å². The van der Waals surface area contributed by atoms with Gasteiger partial charge in [-0.2, -0.15) is 0 Å². The molecule has 182 valence electrons. The van der Waals surface area contributed by atoms with Crippen LogP contribution in [0.15, 0.2) is 97.1 Å². The summed E-state index contributed by atoms with van der Waals surface area (Å²) in [7, 11) is 23.1. The molecule has 0 unspecified atom stereocenters. The standard InChI is InChI=1S/C15H12.C7H6.4CH3.4ClH.2Ru/c1-2-15(13-9-5-3-6-10-13)14-11-7-4-8-12-14;1-7-5-3-2-4-6-7;;;;;;;;;;/h1-12H;1-6H;4*1H3;4*1H;;/q;;4*-1;;;;;2*+2/p-4. The van der Waals surface area contributed by atoms with Crippen LogP contribution in [-0.4, -0.2) is 9.22 Å². The predicted octanol–water partition coefficient (Wildman–Crippen LogP) is 9.41. The Kier molecular flexibility index (Phi) is 23.8. The van der Waals surface area contributed by atoms with Crippen molar-refractivity contribution in [1.29, 1.82) is 0 Å². The zero-order valence-electron chi connectivity index (χ0n) is 18.6. The summed E-state index contributed by atoms with van der Waals surface area (Å²) < 4.78 is 3.84. The number of benzene rings is 3. The summed E-state index contributed by atoms with van der Waals surface area (Å²) in [6.45, 7) is 0. The van der Waals surface area contributed by atoms with E-state index >= 15 is 0 Å². The van der Waals surface area contributed by atoms with E-state index in [1.807, 2.05) is 82.0 Å². The number of hydrogen-bond acceptors (Lipinski definition) is 0. The Morgan fingerprint density at radius 1 is 0.531 bits per heavy atom. The first-order chi connectivity index (χ1) is 13.6. The first kappa shape index (κ1) is 36.1. The number of rotatable bonds is 4. The van der Waals surface area contributed by atoms with Crippen LogP contribution < -0.4 is 0 Å². The van der Waals surface area contributed by atoms with Crippen LogP contribution in [0.5, 0.6) is 0 Å². The van der Waals surface area contributed by atoms with E-state index in [1.54, 1.807) is 0 Å². The van der Waals surface area contributed by atoms with E-state index < -0.39 is 27.0 Å². The SMILES string of the molecule is [CH3-].[CH3-].[CH3-].[CH3-].[Cl][Ru]([Cl])=[CH]C=C(c1ccccc1)c1ccccc1.[Cl][Ru]([Cl])=[CH]c1ccccc1. The predicted molar refractivity (Wildman–Crippen MR) is 147 cm³/mol. The average molecular weight is 686 g/mol. The van der Waals surface area contributed by atoms with Crippen LogP contribution in [-0.2, 0) is 27.0 Å². The topological polar surface area (TPSA) is 0 Å². The molecule has 3 rings (SSSR count). The minimum absolute atomic E-state index is 0. The molecule has 0 aliphatic carbocycles. The van der Waals surface area contributed by atoms with Crippen LogP contribution in [0.25, 0.3) is 5.57 Å². The van der Waals surface area contributed by atoms with Crippen LogP contribution in [0, 0.1) is 29.7 Å². The molecule has 0 amide bonds. The third kappa shape index (κ3) is 14.6. The van der Waals surface area contributed by atoms with Gasteiger partial charge in [0.25, 0.3) is 0 Å². The van der Waals surface area contributed by atoms with Gasteiger partial charge in [0.2, 0.25) is 0 Å². The summed E-state index contributed by atoms with van der Waals surface area (Å²) in [6.07, 6.45) is 2.03. The van der Waals surface area contributed by atoms with Gasteiger partial charge in [-0.1, -0.05) is 0 Å². The summed E-state index contributed by atoms with van der Waals surface area (Å²) in [5.41, 5.74) is 4.61. The van der Waals surface area contributed by atoms with E-state index in [0.717, 1.165) is 11.1 Å². The van der Waals surface area contributed by atoms with Crippen LogP contribution >= 0.6 is 38.8 Å². The van der Waals surface area contributed by atoms with Crippen molar-refractivity contribution in [1.82, 2.24) is 0 Å². The van der Waals surface area contributed by atoms with E-state index in [0.29, 0.717) is 0 Å². The molecule has 0 aromatic heterocycles. The molecule has 0 aliphatic rings. The Bertz CT molecular complexity index is 890. The molecule has 0 fully saturated rings. The fourth-order valence-electron chi connectivity index (χ4n) is 2.31.